The Labute approximate surface area is 319 Å². The van der Waals surface area contributed by atoms with Gasteiger partial charge in [0.25, 0.3) is 0 Å². The van der Waals surface area contributed by atoms with Gasteiger partial charge in [0.1, 0.15) is 30.5 Å². The monoisotopic (exact) mass is 745 g/mol. The molecule has 6 unspecified atom stereocenters. The number of aliphatic hydroxyl groups is 4. The molecule has 1 fully saturated rings. The van der Waals surface area contributed by atoms with Gasteiger partial charge in [-0.3, -0.25) is 4.79 Å². The van der Waals surface area contributed by atoms with Gasteiger partial charge in [0.15, 0.2) is 6.29 Å². The lowest BCUT2D eigenvalue weighted by molar-refractivity contribution is -0.305. The van der Waals surface area contributed by atoms with Gasteiger partial charge in [-0.15, -0.1) is 0 Å². The van der Waals surface area contributed by atoms with Crippen LogP contribution in [-0.2, 0) is 23.7 Å². The van der Waals surface area contributed by atoms with E-state index in [4.69, 9.17) is 18.9 Å². The van der Waals surface area contributed by atoms with Gasteiger partial charge in [0, 0.05) is 13.0 Å². The van der Waals surface area contributed by atoms with E-state index in [1.165, 1.54) is 154 Å². The van der Waals surface area contributed by atoms with Crippen molar-refractivity contribution in [3.63, 3.8) is 0 Å². The number of unbranched alkanes of at least 4 members (excludes halogenated alkanes) is 27. The van der Waals surface area contributed by atoms with Gasteiger partial charge in [-0.25, -0.2) is 0 Å². The number of aliphatic hydroxyl groups excluding tert-OH is 4. The number of esters is 1. The highest BCUT2D eigenvalue weighted by Crippen LogP contribution is 2.23. The molecule has 1 heterocycles. The summed E-state index contributed by atoms with van der Waals surface area (Å²) in [6.07, 6.45) is 29.8. The fraction of sp³-hybridized carbons (Fsp3) is 0.977. The highest BCUT2D eigenvalue weighted by Gasteiger charge is 2.44. The maximum absolute atomic E-state index is 12.8. The zero-order chi connectivity index (χ0) is 37.9. The second-order valence-electron chi connectivity index (χ2n) is 15.5. The van der Waals surface area contributed by atoms with Crippen LogP contribution in [0.1, 0.15) is 206 Å². The van der Waals surface area contributed by atoms with Crippen molar-refractivity contribution in [1.82, 2.24) is 0 Å². The van der Waals surface area contributed by atoms with Crippen LogP contribution in [0, 0.1) is 0 Å². The molecule has 0 spiro atoms. The molecule has 0 aromatic carbocycles. The van der Waals surface area contributed by atoms with Crippen molar-refractivity contribution in [2.75, 3.05) is 26.4 Å². The summed E-state index contributed by atoms with van der Waals surface area (Å²) in [7, 11) is 0. The van der Waals surface area contributed by atoms with E-state index < -0.39 is 43.4 Å². The second kappa shape index (κ2) is 35.9. The van der Waals surface area contributed by atoms with Crippen molar-refractivity contribution in [3.05, 3.63) is 0 Å². The standard InChI is InChI=1S/C43H84O9/c1-3-5-7-9-11-13-15-17-18-19-20-22-24-26-28-30-32-39(45)51-37(36-50-43-42(48)41(47)40(46)38(34-44)52-43)35-49-33-31-29-27-25-23-21-16-14-12-10-8-6-4-2/h37-38,40-44,46-48H,3-36H2,1-2H3. The number of carbonyl (C=O) groups is 1. The average molecular weight is 745 g/mol. The lowest BCUT2D eigenvalue weighted by Gasteiger charge is -2.39. The van der Waals surface area contributed by atoms with Crippen molar-refractivity contribution in [1.29, 1.82) is 0 Å². The van der Waals surface area contributed by atoms with E-state index in [9.17, 15) is 25.2 Å². The first kappa shape index (κ1) is 49.2. The van der Waals surface area contributed by atoms with Crippen LogP contribution in [0.5, 0.6) is 0 Å². The Kier molecular flexibility index (Phi) is 33.9. The highest BCUT2D eigenvalue weighted by molar-refractivity contribution is 5.69. The maximum Gasteiger partial charge on any atom is 0.306 e. The molecular weight excluding hydrogens is 660 g/mol. The van der Waals surface area contributed by atoms with Crippen LogP contribution in [0.2, 0.25) is 0 Å². The molecule has 1 aliphatic heterocycles. The average Bonchev–Trinajstić information content (AvgIpc) is 3.14. The molecule has 0 bridgehead atoms. The number of carbonyl (C=O) groups excluding carboxylic acids is 1. The zero-order valence-corrected chi connectivity index (χ0v) is 33.8. The molecule has 52 heavy (non-hydrogen) atoms. The molecule has 0 aromatic heterocycles. The minimum Gasteiger partial charge on any atom is -0.457 e. The minimum absolute atomic E-state index is 0.105. The van der Waals surface area contributed by atoms with Crippen LogP contribution in [0.25, 0.3) is 0 Å². The summed E-state index contributed by atoms with van der Waals surface area (Å²) in [5.41, 5.74) is 0. The molecule has 1 aliphatic rings. The zero-order valence-electron chi connectivity index (χ0n) is 33.8. The molecule has 4 N–H and O–H groups in total. The van der Waals surface area contributed by atoms with Crippen molar-refractivity contribution in [3.8, 4) is 0 Å². The molecule has 9 heteroatoms. The van der Waals surface area contributed by atoms with Crippen molar-refractivity contribution in [2.24, 2.45) is 0 Å². The first-order valence-electron chi connectivity index (χ1n) is 22.1. The topological polar surface area (TPSA) is 135 Å². The largest absolute Gasteiger partial charge is 0.457 e. The van der Waals surface area contributed by atoms with Gasteiger partial charge < -0.3 is 39.4 Å². The number of hydrogen-bond donors (Lipinski definition) is 4. The Bertz CT molecular complexity index is 767. The van der Waals surface area contributed by atoms with E-state index in [-0.39, 0.29) is 19.2 Å². The third-order valence-corrected chi connectivity index (χ3v) is 10.5. The number of ether oxygens (including phenoxy) is 4. The number of hydrogen-bond acceptors (Lipinski definition) is 9. The first-order valence-corrected chi connectivity index (χ1v) is 22.1. The van der Waals surface area contributed by atoms with E-state index in [1.54, 1.807) is 0 Å². The summed E-state index contributed by atoms with van der Waals surface area (Å²) in [5.74, 6) is -0.308. The van der Waals surface area contributed by atoms with Gasteiger partial charge in [0.05, 0.1) is 19.8 Å². The van der Waals surface area contributed by atoms with E-state index in [2.05, 4.69) is 13.8 Å². The first-order chi connectivity index (χ1) is 25.4. The van der Waals surface area contributed by atoms with E-state index in [0.717, 1.165) is 32.1 Å². The lowest BCUT2D eigenvalue weighted by Crippen LogP contribution is -2.59. The molecule has 0 amide bonds. The summed E-state index contributed by atoms with van der Waals surface area (Å²) in [6, 6.07) is 0. The molecule has 1 rings (SSSR count). The van der Waals surface area contributed by atoms with Crippen LogP contribution in [-0.4, -0.2) is 89.6 Å². The van der Waals surface area contributed by atoms with Crippen molar-refractivity contribution in [2.45, 2.75) is 243 Å². The van der Waals surface area contributed by atoms with E-state index in [0.29, 0.717) is 13.0 Å². The quantitative estimate of drug-likeness (QED) is 0.0360. The fourth-order valence-electron chi connectivity index (χ4n) is 7.02. The number of rotatable bonds is 38. The summed E-state index contributed by atoms with van der Waals surface area (Å²) in [4.78, 5) is 12.8. The Morgan fingerprint density at radius 2 is 0.942 bits per heavy atom. The van der Waals surface area contributed by atoms with Crippen LogP contribution < -0.4 is 0 Å². The Morgan fingerprint density at radius 3 is 1.37 bits per heavy atom. The van der Waals surface area contributed by atoms with Gasteiger partial charge in [-0.2, -0.15) is 0 Å². The SMILES string of the molecule is CCCCCCCCCCCCCCCCCCC(=O)OC(COCCCCCCCCCCCCCCC)COC1OC(CO)C(O)C(O)C1O. The van der Waals surface area contributed by atoms with Crippen molar-refractivity contribution < 1.29 is 44.2 Å². The van der Waals surface area contributed by atoms with E-state index in [1.807, 2.05) is 0 Å². The molecule has 0 saturated carbocycles. The van der Waals surface area contributed by atoms with Crippen LogP contribution >= 0.6 is 0 Å². The normalized spacial score (nSPS) is 21.1. The van der Waals surface area contributed by atoms with Crippen LogP contribution in [0.15, 0.2) is 0 Å². The second-order valence-corrected chi connectivity index (χ2v) is 15.5. The van der Waals surface area contributed by atoms with Gasteiger partial charge >= 0.3 is 5.97 Å². The molecule has 1 saturated heterocycles. The maximum atomic E-state index is 12.8. The van der Waals surface area contributed by atoms with Crippen LogP contribution in [0.3, 0.4) is 0 Å². The lowest BCUT2D eigenvalue weighted by atomic mass is 9.99. The molecular formula is C43H84O9. The van der Waals surface area contributed by atoms with Crippen molar-refractivity contribution >= 4 is 5.97 Å². The predicted octanol–water partition coefficient (Wildman–Crippen LogP) is 9.47. The molecule has 0 radical (unpaired) electrons. The van der Waals surface area contributed by atoms with Gasteiger partial charge in [-0.1, -0.05) is 187 Å². The fourth-order valence-corrected chi connectivity index (χ4v) is 7.02. The molecule has 0 aromatic rings. The highest BCUT2D eigenvalue weighted by atomic mass is 16.7. The van der Waals surface area contributed by atoms with E-state index >= 15 is 0 Å². The molecule has 6 atom stereocenters. The van der Waals surface area contributed by atoms with Gasteiger partial charge in [-0.05, 0) is 12.8 Å². The third-order valence-electron chi connectivity index (χ3n) is 10.5. The summed E-state index contributed by atoms with van der Waals surface area (Å²) >= 11 is 0. The Morgan fingerprint density at radius 1 is 0.538 bits per heavy atom. The smallest absolute Gasteiger partial charge is 0.306 e. The molecule has 310 valence electrons. The summed E-state index contributed by atoms with van der Waals surface area (Å²) < 4.78 is 22.8. The third kappa shape index (κ3) is 26.9. The Balaban J connectivity index is 2.25. The minimum atomic E-state index is -1.53. The Hall–Kier alpha value is -0.810. The van der Waals surface area contributed by atoms with Crippen LogP contribution in [0.4, 0.5) is 0 Å². The molecule has 9 nitrogen and oxygen atoms in total. The van der Waals surface area contributed by atoms with Gasteiger partial charge in [0.2, 0.25) is 0 Å². The summed E-state index contributed by atoms with van der Waals surface area (Å²) in [6.45, 7) is 4.60. The summed E-state index contributed by atoms with van der Waals surface area (Å²) in [5, 5.41) is 40.0. The molecule has 0 aliphatic carbocycles. The predicted molar refractivity (Wildman–Crippen MR) is 210 cm³/mol.